The summed E-state index contributed by atoms with van der Waals surface area (Å²) in [5, 5.41) is 11.4. The zero-order valence-corrected chi connectivity index (χ0v) is 12.1. The van der Waals surface area contributed by atoms with Crippen LogP contribution in [0.25, 0.3) is 0 Å². The van der Waals surface area contributed by atoms with Crippen molar-refractivity contribution in [3.8, 4) is 0 Å². The second-order valence-electron chi connectivity index (χ2n) is 6.27. The van der Waals surface area contributed by atoms with E-state index in [0.717, 1.165) is 5.56 Å². The highest BCUT2D eigenvalue weighted by Crippen LogP contribution is 2.52. The number of fused-ring (bicyclic) bond motifs is 1. The molecule has 3 aliphatic rings. The van der Waals surface area contributed by atoms with Gasteiger partial charge in [-0.1, -0.05) is 42.5 Å². The van der Waals surface area contributed by atoms with Crippen molar-refractivity contribution in [1.82, 2.24) is 4.90 Å². The van der Waals surface area contributed by atoms with Gasteiger partial charge >= 0.3 is 0 Å². The van der Waals surface area contributed by atoms with Crippen molar-refractivity contribution in [2.24, 2.45) is 11.8 Å². The van der Waals surface area contributed by atoms with Gasteiger partial charge in [-0.05, 0) is 12.5 Å². The molecule has 2 fully saturated rings. The van der Waals surface area contributed by atoms with Crippen LogP contribution in [0, 0.1) is 11.8 Å². The van der Waals surface area contributed by atoms with Crippen molar-refractivity contribution >= 4 is 11.9 Å². The van der Waals surface area contributed by atoms with E-state index in [0.29, 0.717) is 6.54 Å². The highest BCUT2D eigenvalue weighted by molar-refractivity contribution is 5.90. The third kappa shape index (κ3) is 1.63. The lowest BCUT2D eigenvalue weighted by atomic mass is 9.77. The summed E-state index contributed by atoms with van der Waals surface area (Å²) in [5.74, 6) is -2.91. The first-order chi connectivity index (χ1) is 10.5. The highest BCUT2D eigenvalue weighted by Gasteiger charge is 2.65. The number of hydrogen-bond acceptors (Lipinski definition) is 4. The number of carboxylic acid groups (broad SMARTS) is 1. The van der Waals surface area contributed by atoms with Gasteiger partial charge in [-0.3, -0.25) is 4.79 Å². The molecule has 2 bridgehead atoms. The third-order valence-electron chi connectivity index (χ3n) is 5.15. The molecule has 0 aliphatic carbocycles. The number of aliphatic carboxylic acids is 1. The Bertz CT molecular complexity index is 670. The van der Waals surface area contributed by atoms with Crippen molar-refractivity contribution < 1.29 is 19.4 Å². The molecule has 22 heavy (non-hydrogen) atoms. The van der Waals surface area contributed by atoms with Crippen LogP contribution in [0.4, 0.5) is 0 Å². The quantitative estimate of drug-likeness (QED) is 0.752. The molecule has 0 N–H and O–H groups in total. The van der Waals surface area contributed by atoms with E-state index in [1.54, 1.807) is 11.0 Å². The fraction of sp³-hybridized carbons (Fsp3) is 0.412. The molecule has 0 aromatic heterocycles. The molecule has 0 radical (unpaired) electrons. The Morgan fingerprint density at radius 3 is 2.82 bits per heavy atom. The Morgan fingerprint density at radius 2 is 2.14 bits per heavy atom. The van der Waals surface area contributed by atoms with Gasteiger partial charge in [-0.15, -0.1) is 0 Å². The minimum absolute atomic E-state index is 0.118. The van der Waals surface area contributed by atoms with Crippen LogP contribution in [0.2, 0.25) is 0 Å². The Kier molecular flexibility index (Phi) is 2.72. The van der Waals surface area contributed by atoms with E-state index in [-0.39, 0.29) is 11.9 Å². The molecule has 1 amide bonds. The van der Waals surface area contributed by atoms with Crippen LogP contribution in [0.5, 0.6) is 0 Å². The van der Waals surface area contributed by atoms with Crippen LogP contribution < -0.4 is 5.11 Å². The number of carbonyl (C=O) groups excluding carboxylic acids is 2. The maximum absolute atomic E-state index is 12.8. The smallest absolute Gasteiger partial charge is 0.230 e. The predicted molar refractivity (Wildman–Crippen MR) is 75.3 cm³/mol. The largest absolute Gasteiger partial charge is 0.550 e. The number of benzene rings is 1. The van der Waals surface area contributed by atoms with E-state index in [9.17, 15) is 14.7 Å². The lowest BCUT2D eigenvalue weighted by Crippen LogP contribution is -2.45. The molecule has 4 rings (SSSR count). The Hall–Kier alpha value is -2.14. The van der Waals surface area contributed by atoms with E-state index >= 15 is 0 Å². The van der Waals surface area contributed by atoms with Crippen molar-refractivity contribution in [3.05, 3.63) is 48.0 Å². The average molecular weight is 298 g/mol. The Balaban J connectivity index is 1.68. The predicted octanol–water partition coefficient (Wildman–Crippen LogP) is 0.279. The molecular weight excluding hydrogens is 282 g/mol. The number of carboxylic acids is 1. The number of nitrogens with zero attached hydrogens (tertiary/aromatic N) is 1. The summed E-state index contributed by atoms with van der Waals surface area (Å²) >= 11 is 0. The van der Waals surface area contributed by atoms with Crippen LogP contribution in [0.15, 0.2) is 42.5 Å². The molecule has 3 aliphatic heterocycles. The van der Waals surface area contributed by atoms with E-state index in [1.807, 2.05) is 43.3 Å². The molecule has 5 heteroatoms. The normalized spacial score (nSPS) is 36.7. The second kappa shape index (κ2) is 4.43. The number of carbonyl (C=O) groups is 2. The maximum Gasteiger partial charge on any atom is 0.230 e. The number of rotatable bonds is 3. The van der Waals surface area contributed by atoms with Gasteiger partial charge in [-0.2, -0.15) is 0 Å². The summed E-state index contributed by atoms with van der Waals surface area (Å²) < 4.78 is 5.85. The molecule has 3 heterocycles. The van der Waals surface area contributed by atoms with Gasteiger partial charge in [-0.25, -0.2) is 0 Å². The minimum Gasteiger partial charge on any atom is -0.550 e. The number of hydrogen-bond donors (Lipinski definition) is 0. The van der Waals surface area contributed by atoms with Crippen molar-refractivity contribution in [1.29, 1.82) is 0 Å². The average Bonchev–Trinajstić information content (AvgIpc) is 3.15. The molecule has 1 spiro atoms. The second-order valence-corrected chi connectivity index (χ2v) is 6.27. The van der Waals surface area contributed by atoms with Crippen LogP contribution in [-0.2, 0) is 14.3 Å². The third-order valence-corrected chi connectivity index (χ3v) is 5.15. The zero-order chi connectivity index (χ0) is 15.5. The molecule has 1 aromatic carbocycles. The van der Waals surface area contributed by atoms with Gasteiger partial charge < -0.3 is 19.5 Å². The molecule has 114 valence electrons. The van der Waals surface area contributed by atoms with Crippen molar-refractivity contribution in [3.63, 3.8) is 0 Å². The molecule has 5 nitrogen and oxygen atoms in total. The van der Waals surface area contributed by atoms with Crippen LogP contribution >= 0.6 is 0 Å². The van der Waals surface area contributed by atoms with Gasteiger partial charge in [0.05, 0.1) is 24.6 Å². The van der Waals surface area contributed by atoms with Gasteiger partial charge in [0, 0.05) is 11.9 Å². The van der Waals surface area contributed by atoms with Gasteiger partial charge in [0.15, 0.2) is 0 Å². The van der Waals surface area contributed by atoms with Gasteiger partial charge in [0.2, 0.25) is 5.91 Å². The summed E-state index contributed by atoms with van der Waals surface area (Å²) in [4.78, 5) is 26.0. The SMILES string of the molecule is C[C@H](c1ccccc1)N1C[C@@]23C=C[C@@H](O2)[C@H](C(=O)[O-])[C@@H]3C1=O. The zero-order valence-electron chi connectivity index (χ0n) is 12.1. The number of ether oxygens (including phenoxy) is 1. The first kappa shape index (κ1) is 13.5. The lowest BCUT2D eigenvalue weighted by Gasteiger charge is -2.28. The Labute approximate surface area is 128 Å². The fourth-order valence-corrected chi connectivity index (χ4v) is 4.04. The molecule has 1 aromatic rings. The van der Waals surface area contributed by atoms with Crippen molar-refractivity contribution in [2.75, 3.05) is 6.54 Å². The lowest BCUT2D eigenvalue weighted by molar-refractivity contribution is -0.313. The summed E-state index contributed by atoms with van der Waals surface area (Å²) in [7, 11) is 0. The summed E-state index contributed by atoms with van der Waals surface area (Å²) in [5.41, 5.74) is 0.228. The Morgan fingerprint density at radius 1 is 1.41 bits per heavy atom. The van der Waals surface area contributed by atoms with Gasteiger partial charge in [0.1, 0.15) is 5.60 Å². The molecule has 2 saturated heterocycles. The first-order valence-electron chi connectivity index (χ1n) is 7.47. The van der Waals surface area contributed by atoms with E-state index in [2.05, 4.69) is 0 Å². The van der Waals surface area contributed by atoms with Crippen LogP contribution in [-0.4, -0.2) is 35.0 Å². The van der Waals surface area contributed by atoms with E-state index in [4.69, 9.17) is 4.74 Å². The van der Waals surface area contributed by atoms with Crippen LogP contribution in [0.3, 0.4) is 0 Å². The van der Waals surface area contributed by atoms with E-state index in [1.165, 1.54) is 0 Å². The van der Waals surface area contributed by atoms with E-state index < -0.39 is 29.5 Å². The summed E-state index contributed by atoms with van der Waals surface area (Å²) in [6.45, 7) is 2.35. The number of amides is 1. The topological polar surface area (TPSA) is 69.7 Å². The minimum atomic E-state index is -1.20. The standard InChI is InChI=1S/C17H17NO4/c1-10(11-5-3-2-4-6-11)18-9-17-8-7-12(22-17)13(16(20)21)14(17)15(18)19/h2-8,10,12-14H,9H2,1H3,(H,20,21)/p-1/t10-,12-,13+,14-,17-/m1/s1. The number of likely N-dealkylation sites (tertiary alicyclic amines) is 1. The first-order valence-corrected chi connectivity index (χ1v) is 7.47. The maximum atomic E-state index is 12.8. The summed E-state index contributed by atoms with van der Waals surface area (Å²) in [6, 6.07) is 9.60. The summed E-state index contributed by atoms with van der Waals surface area (Å²) in [6.07, 6.45) is 3.08. The monoisotopic (exact) mass is 298 g/mol. The molecule has 0 unspecified atom stereocenters. The van der Waals surface area contributed by atoms with Gasteiger partial charge in [0.25, 0.3) is 0 Å². The fourth-order valence-electron chi connectivity index (χ4n) is 4.04. The van der Waals surface area contributed by atoms with Crippen LogP contribution in [0.1, 0.15) is 18.5 Å². The van der Waals surface area contributed by atoms with Crippen molar-refractivity contribution in [2.45, 2.75) is 24.7 Å². The molecule has 5 atom stereocenters. The highest BCUT2D eigenvalue weighted by atomic mass is 16.5. The molecule has 0 saturated carbocycles. The molecular formula is C17H16NO4-.